The zero-order valence-corrected chi connectivity index (χ0v) is 16.7. The van der Waals surface area contributed by atoms with Crippen LogP contribution in [-0.2, 0) is 0 Å². The van der Waals surface area contributed by atoms with Crippen molar-refractivity contribution in [3.8, 4) is 23.0 Å². The van der Waals surface area contributed by atoms with Gasteiger partial charge in [0.25, 0.3) is 5.89 Å². The SMILES string of the molecule is COc1cccc(N2CCN(CCCOc3ccccc3-c3nnco3)CC2)c1. The van der Waals surface area contributed by atoms with E-state index in [2.05, 4.69) is 32.1 Å². The average molecular weight is 394 g/mol. The second-order valence-corrected chi connectivity index (χ2v) is 6.97. The van der Waals surface area contributed by atoms with Crippen molar-refractivity contribution < 1.29 is 13.9 Å². The normalized spacial score (nSPS) is 14.7. The lowest BCUT2D eigenvalue weighted by Crippen LogP contribution is -2.46. The highest BCUT2D eigenvalue weighted by atomic mass is 16.5. The number of hydrogen-bond acceptors (Lipinski definition) is 7. The van der Waals surface area contributed by atoms with Crippen LogP contribution in [0.1, 0.15) is 6.42 Å². The lowest BCUT2D eigenvalue weighted by atomic mass is 10.2. The second-order valence-electron chi connectivity index (χ2n) is 6.97. The van der Waals surface area contributed by atoms with Gasteiger partial charge in [0, 0.05) is 44.5 Å². The second kappa shape index (κ2) is 9.43. The third-order valence-corrected chi connectivity index (χ3v) is 5.14. The minimum absolute atomic E-state index is 0.481. The Morgan fingerprint density at radius 2 is 1.90 bits per heavy atom. The van der Waals surface area contributed by atoms with E-state index in [4.69, 9.17) is 13.9 Å². The van der Waals surface area contributed by atoms with Crippen LogP contribution in [0.4, 0.5) is 5.69 Å². The number of para-hydroxylation sites is 1. The van der Waals surface area contributed by atoms with E-state index in [1.54, 1.807) is 7.11 Å². The van der Waals surface area contributed by atoms with Gasteiger partial charge in [0.2, 0.25) is 6.39 Å². The zero-order chi connectivity index (χ0) is 19.9. The minimum atomic E-state index is 0.481. The van der Waals surface area contributed by atoms with Crippen molar-refractivity contribution in [1.29, 1.82) is 0 Å². The number of benzene rings is 2. The number of anilines is 1. The molecule has 0 saturated carbocycles. The molecule has 1 fully saturated rings. The molecular formula is C22H26N4O3. The van der Waals surface area contributed by atoms with E-state index in [-0.39, 0.29) is 0 Å². The Balaban J connectivity index is 1.22. The molecule has 0 atom stereocenters. The zero-order valence-electron chi connectivity index (χ0n) is 16.7. The van der Waals surface area contributed by atoms with Crippen molar-refractivity contribution in [2.45, 2.75) is 6.42 Å². The van der Waals surface area contributed by atoms with E-state index in [0.717, 1.165) is 56.2 Å². The maximum atomic E-state index is 5.99. The molecule has 0 aliphatic carbocycles. The van der Waals surface area contributed by atoms with Crippen LogP contribution in [-0.4, -0.2) is 61.5 Å². The summed E-state index contributed by atoms with van der Waals surface area (Å²) in [5.74, 6) is 2.16. The molecule has 29 heavy (non-hydrogen) atoms. The predicted octanol–water partition coefficient (Wildman–Crippen LogP) is 3.34. The number of aromatic nitrogens is 2. The Morgan fingerprint density at radius 3 is 2.69 bits per heavy atom. The van der Waals surface area contributed by atoms with Crippen LogP contribution in [0.5, 0.6) is 11.5 Å². The van der Waals surface area contributed by atoms with Crippen molar-refractivity contribution in [3.63, 3.8) is 0 Å². The molecule has 2 heterocycles. The van der Waals surface area contributed by atoms with E-state index in [9.17, 15) is 0 Å². The van der Waals surface area contributed by atoms with Crippen LogP contribution in [0.25, 0.3) is 11.5 Å². The molecule has 2 aromatic carbocycles. The molecule has 7 heteroatoms. The van der Waals surface area contributed by atoms with Crippen molar-refractivity contribution in [3.05, 3.63) is 54.9 Å². The summed E-state index contributed by atoms with van der Waals surface area (Å²) in [4.78, 5) is 4.90. The van der Waals surface area contributed by atoms with Gasteiger partial charge in [-0.2, -0.15) is 0 Å². The maximum Gasteiger partial charge on any atom is 0.251 e. The fraction of sp³-hybridized carbons (Fsp3) is 0.364. The summed E-state index contributed by atoms with van der Waals surface area (Å²) in [6.07, 6.45) is 2.30. The fourth-order valence-electron chi connectivity index (χ4n) is 3.57. The molecule has 1 aromatic heterocycles. The molecule has 0 radical (unpaired) electrons. The van der Waals surface area contributed by atoms with Crippen LogP contribution < -0.4 is 14.4 Å². The van der Waals surface area contributed by atoms with Gasteiger partial charge in [-0.05, 0) is 30.7 Å². The first-order valence-electron chi connectivity index (χ1n) is 9.93. The van der Waals surface area contributed by atoms with Crippen LogP contribution in [0, 0.1) is 0 Å². The Bertz CT molecular complexity index is 893. The van der Waals surface area contributed by atoms with Crippen molar-refractivity contribution in [2.24, 2.45) is 0 Å². The summed E-state index contributed by atoms with van der Waals surface area (Å²) in [5.41, 5.74) is 2.06. The molecule has 1 saturated heterocycles. The van der Waals surface area contributed by atoms with Gasteiger partial charge in [0.05, 0.1) is 19.3 Å². The minimum Gasteiger partial charge on any atom is -0.497 e. The summed E-state index contributed by atoms with van der Waals surface area (Å²) in [5, 5.41) is 7.72. The highest BCUT2D eigenvalue weighted by Crippen LogP contribution is 2.28. The highest BCUT2D eigenvalue weighted by molar-refractivity contribution is 5.62. The third kappa shape index (κ3) is 4.86. The van der Waals surface area contributed by atoms with Gasteiger partial charge in [-0.15, -0.1) is 10.2 Å². The molecule has 152 valence electrons. The monoisotopic (exact) mass is 394 g/mol. The molecule has 0 N–H and O–H groups in total. The number of ether oxygens (including phenoxy) is 2. The summed E-state index contributed by atoms with van der Waals surface area (Å²) >= 11 is 0. The van der Waals surface area contributed by atoms with Gasteiger partial charge in [0.1, 0.15) is 11.5 Å². The van der Waals surface area contributed by atoms with E-state index < -0.39 is 0 Å². The maximum absolute atomic E-state index is 5.99. The number of hydrogen-bond donors (Lipinski definition) is 0. The van der Waals surface area contributed by atoms with Crippen LogP contribution in [0.3, 0.4) is 0 Å². The van der Waals surface area contributed by atoms with Crippen LogP contribution >= 0.6 is 0 Å². The summed E-state index contributed by atoms with van der Waals surface area (Å²) < 4.78 is 16.6. The topological polar surface area (TPSA) is 63.9 Å². The van der Waals surface area contributed by atoms with E-state index in [1.807, 2.05) is 36.4 Å². The van der Waals surface area contributed by atoms with Gasteiger partial charge in [0.15, 0.2) is 0 Å². The first-order chi connectivity index (χ1) is 14.3. The van der Waals surface area contributed by atoms with Crippen molar-refractivity contribution in [2.75, 3.05) is 51.3 Å². The molecule has 0 unspecified atom stereocenters. The van der Waals surface area contributed by atoms with E-state index >= 15 is 0 Å². The molecule has 1 aliphatic heterocycles. The van der Waals surface area contributed by atoms with Crippen LogP contribution in [0.2, 0.25) is 0 Å². The first-order valence-corrected chi connectivity index (χ1v) is 9.93. The summed E-state index contributed by atoms with van der Waals surface area (Å²) in [7, 11) is 1.71. The Hall–Kier alpha value is -3.06. The Labute approximate surface area is 170 Å². The lowest BCUT2D eigenvalue weighted by Gasteiger charge is -2.36. The van der Waals surface area contributed by atoms with Gasteiger partial charge >= 0.3 is 0 Å². The molecule has 0 spiro atoms. The quantitative estimate of drug-likeness (QED) is 0.543. The third-order valence-electron chi connectivity index (χ3n) is 5.14. The largest absolute Gasteiger partial charge is 0.497 e. The van der Waals surface area contributed by atoms with E-state index in [0.29, 0.717) is 12.5 Å². The number of nitrogens with zero attached hydrogens (tertiary/aromatic N) is 4. The van der Waals surface area contributed by atoms with Gasteiger partial charge in [-0.25, -0.2) is 0 Å². The Kier molecular flexibility index (Phi) is 6.26. The summed E-state index contributed by atoms with van der Waals surface area (Å²) in [6, 6.07) is 16.0. The van der Waals surface area contributed by atoms with Crippen molar-refractivity contribution >= 4 is 5.69 Å². The molecule has 4 rings (SSSR count). The lowest BCUT2D eigenvalue weighted by molar-refractivity contribution is 0.225. The number of methoxy groups -OCH3 is 1. The smallest absolute Gasteiger partial charge is 0.251 e. The molecule has 7 nitrogen and oxygen atoms in total. The fourth-order valence-corrected chi connectivity index (χ4v) is 3.57. The average Bonchev–Trinajstić information content (AvgIpc) is 3.32. The van der Waals surface area contributed by atoms with Crippen LogP contribution in [0.15, 0.2) is 59.3 Å². The molecule has 3 aromatic rings. The van der Waals surface area contributed by atoms with Gasteiger partial charge in [-0.1, -0.05) is 18.2 Å². The number of piperazine rings is 1. The molecule has 1 aliphatic rings. The number of rotatable bonds is 8. The molecule has 0 bridgehead atoms. The first kappa shape index (κ1) is 19.3. The molecular weight excluding hydrogens is 368 g/mol. The standard InChI is InChI=1S/C22H26N4O3/c1-27-19-7-4-6-18(16-19)26-13-11-25(12-14-26)10-5-15-28-21-9-3-2-8-20(21)22-24-23-17-29-22/h2-4,6-9,16-17H,5,10-15H2,1H3. The molecule has 0 amide bonds. The predicted molar refractivity (Wildman–Crippen MR) is 111 cm³/mol. The summed E-state index contributed by atoms with van der Waals surface area (Å²) in [6.45, 7) is 5.82. The van der Waals surface area contributed by atoms with E-state index in [1.165, 1.54) is 12.1 Å². The van der Waals surface area contributed by atoms with Gasteiger partial charge < -0.3 is 18.8 Å². The highest BCUT2D eigenvalue weighted by Gasteiger charge is 2.17. The van der Waals surface area contributed by atoms with Gasteiger partial charge in [-0.3, -0.25) is 4.90 Å². The Morgan fingerprint density at radius 1 is 1.03 bits per heavy atom. The van der Waals surface area contributed by atoms with Crippen molar-refractivity contribution in [1.82, 2.24) is 15.1 Å².